The SMILES string of the molecule is O=C(c1ccccc1[N+](=O)[O-])N1c2ccccc2Sc2ccccc21. The van der Waals surface area contributed by atoms with E-state index in [2.05, 4.69) is 0 Å². The minimum atomic E-state index is -0.524. The number of anilines is 2. The van der Waals surface area contributed by atoms with Crippen molar-refractivity contribution in [2.75, 3.05) is 4.90 Å². The van der Waals surface area contributed by atoms with Crippen LogP contribution in [0.1, 0.15) is 10.4 Å². The maximum Gasteiger partial charge on any atom is 0.282 e. The molecule has 0 saturated carbocycles. The molecular weight excluding hydrogens is 336 g/mol. The van der Waals surface area contributed by atoms with Gasteiger partial charge in [0, 0.05) is 15.9 Å². The molecule has 1 aliphatic rings. The number of hydrogen-bond donors (Lipinski definition) is 0. The van der Waals surface area contributed by atoms with E-state index in [0.29, 0.717) is 0 Å². The predicted octanol–water partition coefficient (Wildman–Crippen LogP) is 5.04. The Bertz CT molecular complexity index is 958. The summed E-state index contributed by atoms with van der Waals surface area (Å²) in [6.07, 6.45) is 0. The molecule has 0 aromatic heterocycles. The fourth-order valence-corrected chi connectivity index (χ4v) is 3.92. The topological polar surface area (TPSA) is 63.4 Å². The molecule has 0 aliphatic carbocycles. The molecule has 25 heavy (non-hydrogen) atoms. The zero-order valence-electron chi connectivity index (χ0n) is 13.0. The van der Waals surface area contributed by atoms with Crippen molar-refractivity contribution >= 4 is 34.7 Å². The van der Waals surface area contributed by atoms with Gasteiger partial charge in [0.2, 0.25) is 0 Å². The highest BCUT2D eigenvalue weighted by molar-refractivity contribution is 7.99. The van der Waals surface area contributed by atoms with Gasteiger partial charge < -0.3 is 0 Å². The number of nitro benzene ring substituents is 1. The minimum Gasteiger partial charge on any atom is -0.274 e. The summed E-state index contributed by atoms with van der Waals surface area (Å²) in [5.41, 5.74) is 1.34. The van der Waals surface area contributed by atoms with E-state index in [-0.39, 0.29) is 11.3 Å². The van der Waals surface area contributed by atoms with Crippen molar-refractivity contribution < 1.29 is 9.72 Å². The summed E-state index contributed by atoms with van der Waals surface area (Å²) in [6.45, 7) is 0. The molecule has 0 N–H and O–H groups in total. The molecule has 1 aliphatic heterocycles. The van der Waals surface area contributed by atoms with Crippen LogP contribution in [0.25, 0.3) is 0 Å². The number of hydrogen-bond acceptors (Lipinski definition) is 4. The molecule has 0 saturated heterocycles. The standard InChI is InChI=1S/C19H12N2O3S/c22-19(13-7-1-2-8-14(13)21(23)24)20-15-9-3-5-11-17(15)25-18-12-6-4-10-16(18)20/h1-12H. The van der Waals surface area contributed by atoms with E-state index in [9.17, 15) is 14.9 Å². The van der Waals surface area contributed by atoms with Gasteiger partial charge in [-0.2, -0.15) is 0 Å². The van der Waals surface area contributed by atoms with Crippen molar-refractivity contribution in [2.45, 2.75) is 9.79 Å². The Labute approximate surface area is 148 Å². The molecule has 3 aromatic rings. The van der Waals surface area contributed by atoms with Crippen molar-refractivity contribution in [1.82, 2.24) is 0 Å². The van der Waals surface area contributed by atoms with Crippen LogP contribution < -0.4 is 4.90 Å². The predicted molar refractivity (Wildman–Crippen MR) is 96.6 cm³/mol. The van der Waals surface area contributed by atoms with Gasteiger partial charge in [0.1, 0.15) is 5.56 Å². The average Bonchev–Trinajstić information content (AvgIpc) is 2.65. The Kier molecular flexibility index (Phi) is 3.74. The van der Waals surface area contributed by atoms with Crippen molar-refractivity contribution in [2.24, 2.45) is 0 Å². The van der Waals surface area contributed by atoms with Gasteiger partial charge in [-0.25, -0.2) is 0 Å². The Hall–Kier alpha value is -3.12. The van der Waals surface area contributed by atoms with Crippen LogP contribution in [-0.2, 0) is 0 Å². The van der Waals surface area contributed by atoms with Crippen LogP contribution in [0.5, 0.6) is 0 Å². The van der Waals surface area contributed by atoms with Crippen LogP contribution in [0, 0.1) is 10.1 Å². The molecule has 0 unspecified atom stereocenters. The van der Waals surface area contributed by atoms with E-state index in [4.69, 9.17) is 0 Å². The summed E-state index contributed by atoms with van der Waals surface area (Å²) in [7, 11) is 0. The highest BCUT2D eigenvalue weighted by atomic mass is 32.2. The van der Waals surface area contributed by atoms with Crippen molar-refractivity contribution in [3.8, 4) is 0 Å². The van der Waals surface area contributed by atoms with Gasteiger partial charge >= 0.3 is 0 Å². The number of nitro groups is 1. The number of carbonyl (C=O) groups is 1. The Morgan fingerprint density at radius 3 is 1.96 bits per heavy atom. The van der Waals surface area contributed by atoms with Crippen LogP contribution in [0.3, 0.4) is 0 Å². The van der Waals surface area contributed by atoms with Gasteiger partial charge in [-0.05, 0) is 30.3 Å². The third-order valence-electron chi connectivity index (χ3n) is 3.97. The lowest BCUT2D eigenvalue weighted by molar-refractivity contribution is -0.385. The van der Waals surface area contributed by atoms with E-state index in [1.807, 2.05) is 48.5 Å². The van der Waals surface area contributed by atoms with Gasteiger partial charge in [-0.3, -0.25) is 19.8 Å². The maximum absolute atomic E-state index is 13.3. The Balaban J connectivity index is 1.91. The minimum absolute atomic E-state index is 0.0732. The largest absolute Gasteiger partial charge is 0.282 e. The summed E-state index contributed by atoms with van der Waals surface area (Å²) in [6, 6.07) is 21.2. The molecule has 0 radical (unpaired) electrons. The number of para-hydroxylation sites is 3. The molecule has 0 atom stereocenters. The molecule has 1 heterocycles. The fraction of sp³-hybridized carbons (Fsp3) is 0. The highest BCUT2D eigenvalue weighted by Gasteiger charge is 2.31. The van der Waals surface area contributed by atoms with Gasteiger partial charge in [0.25, 0.3) is 11.6 Å². The van der Waals surface area contributed by atoms with Gasteiger partial charge in [-0.15, -0.1) is 0 Å². The number of nitrogens with zero attached hydrogens (tertiary/aromatic N) is 2. The summed E-state index contributed by atoms with van der Waals surface area (Å²) < 4.78 is 0. The third-order valence-corrected chi connectivity index (χ3v) is 5.10. The van der Waals surface area contributed by atoms with Crippen LogP contribution >= 0.6 is 11.8 Å². The van der Waals surface area contributed by atoms with E-state index < -0.39 is 10.8 Å². The Morgan fingerprint density at radius 1 is 0.840 bits per heavy atom. The summed E-state index contributed by atoms with van der Waals surface area (Å²) in [5, 5.41) is 11.3. The van der Waals surface area contributed by atoms with Gasteiger partial charge in [0.15, 0.2) is 0 Å². The molecule has 122 valence electrons. The lowest BCUT2D eigenvalue weighted by atomic mass is 10.1. The Morgan fingerprint density at radius 2 is 1.36 bits per heavy atom. The second-order valence-electron chi connectivity index (χ2n) is 5.45. The van der Waals surface area contributed by atoms with Crippen LogP contribution in [-0.4, -0.2) is 10.8 Å². The van der Waals surface area contributed by atoms with Crippen LogP contribution in [0.4, 0.5) is 17.1 Å². The quantitative estimate of drug-likeness (QED) is 0.481. The third kappa shape index (κ3) is 2.56. The number of amides is 1. The first-order valence-corrected chi connectivity index (χ1v) is 8.42. The average molecular weight is 348 g/mol. The molecule has 6 heteroatoms. The normalized spacial score (nSPS) is 12.2. The second-order valence-corrected chi connectivity index (χ2v) is 6.54. The molecule has 4 rings (SSSR count). The van der Waals surface area contributed by atoms with E-state index in [1.54, 1.807) is 28.8 Å². The zero-order valence-corrected chi connectivity index (χ0v) is 13.8. The zero-order chi connectivity index (χ0) is 17.4. The lowest BCUT2D eigenvalue weighted by Crippen LogP contribution is -2.29. The smallest absolute Gasteiger partial charge is 0.274 e. The van der Waals surface area contributed by atoms with Crippen molar-refractivity contribution in [3.05, 3.63) is 88.5 Å². The van der Waals surface area contributed by atoms with Gasteiger partial charge in [0.05, 0.1) is 16.3 Å². The molecule has 5 nitrogen and oxygen atoms in total. The molecule has 0 fully saturated rings. The van der Waals surface area contributed by atoms with E-state index in [0.717, 1.165) is 21.2 Å². The first-order valence-electron chi connectivity index (χ1n) is 7.60. The molecule has 0 spiro atoms. The number of rotatable bonds is 2. The van der Waals surface area contributed by atoms with Crippen LogP contribution in [0.2, 0.25) is 0 Å². The summed E-state index contributed by atoms with van der Waals surface area (Å²) in [4.78, 5) is 27.5. The highest BCUT2D eigenvalue weighted by Crippen LogP contribution is 2.48. The number of carbonyl (C=O) groups excluding carboxylic acids is 1. The van der Waals surface area contributed by atoms with Crippen molar-refractivity contribution in [3.63, 3.8) is 0 Å². The number of benzene rings is 3. The van der Waals surface area contributed by atoms with E-state index >= 15 is 0 Å². The number of fused-ring (bicyclic) bond motifs is 2. The first kappa shape index (κ1) is 15.4. The monoisotopic (exact) mass is 348 g/mol. The summed E-state index contributed by atoms with van der Waals surface area (Å²) in [5.74, 6) is -0.410. The molecular formula is C19H12N2O3S. The summed E-state index contributed by atoms with van der Waals surface area (Å²) >= 11 is 1.58. The molecule has 0 bridgehead atoms. The second kappa shape index (κ2) is 6.07. The molecule has 1 amide bonds. The van der Waals surface area contributed by atoms with E-state index in [1.165, 1.54) is 12.1 Å². The lowest BCUT2D eigenvalue weighted by Gasteiger charge is -2.30. The first-order chi connectivity index (χ1) is 12.2. The van der Waals surface area contributed by atoms with Gasteiger partial charge in [-0.1, -0.05) is 48.2 Å². The molecule has 3 aromatic carbocycles. The van der Waals surface area contributed by atoms with Crippen LogP contribution in [0.15, 0.2) is 82.6 Å². The maximum atomic E-state index is 13.3. The fourth-order valence-electron chi connectivity index (χ4n) is 2.86. The van der Waals surface area contributed by atoms with Crippen molar-refractivity contribution in [1.29, 1.82) is 0 Å².